The van der Waals surface area contributed by atoms with Crippen LogP contribution in [0.2, 0.25) is 0 Å². The van der Waals surface area contributed by atoms with Crippen LogP contribution in [0, 0.1) is 11.7 Å². The molecule has 4 nitrogen and oxygen atoms in total. The third kappa shape index (κ3) is 7.49. The van der Waals surface area contributed by atoms with Crippen LogP contribution < -0.4 is 4.74 Å². The molecule has 8 heteroatoms. The van der Waals surface area contributed by atoms with Gasteiger partial charge in [-0.3, -0.25) is 14.6 Å². The lowest BCUT2D eigenvalue weighted by Gasteiger charge is -2.32. The van der Waals surface area contributed by atoms with Crippen molar-refractivity contribution in [2.45, 2.75) is 51.5 Å². The number of likely N-dealkylation sites (tertiary alicyclic amines) is 1. The van der Waals surface area contributed by atoms with Gasteiger partial charge in [0.1, 0.15) is 18.2 Å². The number of alkyl halides is 3. The van der Waals surface area contributed by atoms with Crippen molar-refractivity contribution in [3.05, 3.63) is 100 Å². The molecule has 5 rings (SSSR count). The maximum atomic E-state index is 13.3. The summed E-state index contributed by atoms with van der Waals surface area (Å²) in [5.74, 6) is 1.14. The Kier molecular flexibility index (Phi) is 8.86. The highest BCUT2D eigenvalue weighted by atomic mass is 19.4. The van der Waals surface area contributed by atoms with E-state index in [9.17, 15) is 22.4 Å². The number of piperidine rings is 1. The van der Waals surface area contributed by atoms with Gasteiger partial charge in [-0.2, -0.15) is 13.2 Å². The molecule has 0 atom stereocenters. The molecule has 3 aromatic rings. The predicted octanol–water partition coefficient (Wildman–Crippen LogP) is 7.11. The van der Waals surface area contributed by atoms with Gasteiger partial charge in [0.25, 0.3) is 0 Å². The summed E-state index contributed by atoms with van der Waals surface area (Å²) in [5.41, 5.74) is 2.98. The van der Waals surface area contributed by atoms with Gasteiger partial charge in [0.15, 0.2) is 5.78 Å². The molecule has 2 heterocycles. The highest BCUT2D eigenvalue weighted by molar-refractivity contribution is 5.96. The predicted molar refractivity (Wildman–Crippen MR) is 145 cm³/mol. The molecule has 212 valence electrons. The number of halogens is 4. The van der Waals surface area contributed by atoms with Gasteiger partial charge in [-0.25, -0.2) is 4.39 Å². The van der Waals surface area contributed by atoms with E-state index in [0.29, 0.717) is 44.1 Å². The Bertz CT molecular complexity index is 1280. The maximum Gasteiger partial charge on any atom is 0.416 e. The summed E-state index contributed by atoms with van der Waals surface area (Å²) < 4.78 is 57.6. The summed E-state index contributed by atoms with van der Waals surface area (Å²) in [6, 6.07) is 17.6. The van der Waals surface area contributed by atoms with Crippen LogP contribution in [0.5, 0.6) is 5.75 Å². The van der Waals surface area contributed by atoms with E-state index in [1.807, 2.05) is 18.2 Å². The van der Waals surface area contributed by atoms with E-state index in [1.54, 1.807) is 24.3 Å². The molecular formula is C32H34F4N2O2. The molecule has 3 aromatic carbocycles. The zero-order valence-corrected chi connectivity index (χ0v) is 22.4. The van der Waals surface area contributed by atoms with Crippen molar-refractivity contribution >= 4 is 5.78 Å². The summed E-state index contributed by atoms with van der Waals surface area (Å²) in [6.45, 7) is 5.02. The summed E-state index contributed by atoms with van der Waals surface area (Å²) in [5, 5.41) is 0. The van der Waals surface area contributed by atoms with Crippen LogP contribution in [0.3, 0.4) is 0 Å². The first-order valence-corrected chi connectivity index (χ1v) is 13.9. The average Bonchev–Trinajstić information content (AvgIpc) is 3.14. The molecule has 0 unspecified atom stereocenters. The molecule has 40 heavy (non-hydrogen) atoms. The van der Waals surface area contributed by atoms with Gasteiger partial charge in [0.05, 0.1) is 5.56 Å². The Morgan fingerprint density at radius 2 is 1.50 bits per heavy atom. The van der Waals surface area contributed by atoms with Crippen LogP contribution >= 0.6 is 0 Å². The van der Waals surface area contributed by atoms with Crippen LogP contribution in [-0.4, -0.2) is 41.8 Å². The van der Waals surface area contributed by atoms with Crippen molar-refractivity contribution in [1.82, 2.24) is 9.80 Å². The number of ketones is 1. The number of ether oxygens (including phenoxy) is 1. The summed E-state index contributed by atoms with van der Waals surface area (Å²) in [6.07, 6.45) is -1.04. The molecule has 0 radical (unpaired) electrons. The van der Waals surface area contributed by atoms with Crippen molar-refractivity contribution in [1.29, 1.82) is 0 Å². The quantitative estimate of drug-likeness (QED) is 0.219. The van der Waals surface area contributed by atoms with Gasteiger partial charge >= 0.3 is 6.18 Å². The molecule has 1 saturated heterocycles. The number of hydrogen-bond donors (Lipinski definition) is 0. The van der Waals surface area contributed by atoms with Gasteiger partial charge in [0, 0.05) is 43.7 Å². The van der Waals surface area contributed by atoms with Crippen molar-refractivity contribution in [2.75, 3.05) is 26.2 Å². The van der Waals surface area contributed by atoms with Crippen LogP contribution in [0.15, 0.2) is 66.7 Å². The van der Waals surface area contributed by atoms with Crippen molar-refractivity contribution in [3.8, 4) is 5.75 Å². The van der Waals surface area contributed by atoms with Gasteiger partial charge in [-0.15, -0.1) is 0 Å². The van der Waals surface area contributed by atoms with E-state index >= 15 is 0 Å². The fraction of sp³-hybridized carbons (Fsp3) is 0.406. The molecule has 0 N–H and O–H groups in total. The molecule has 0 aromatic heterocycles. The van der Waals surface area contributed by atoms with Gasteiger partial charge in [-0.05, 0) is 91.9 Å². The molecule has 2 aliphatic rings. The number of rotatable bonds is 8. The van der Waals surface area contributed by atoms with E-state index in [1.165, 1.54) is 12.1 Å². The van der Waals surface area contributed by atoms with E-state index in [4.69, 9.17) is 4.74 Å². The molecule has 2 aliphatic heterocycles. The number of carbonyl (C=O) groups is 1. The van der Waals surface area contributed by atoms with Crippen LogP contribution in [0.1, 0.15) is 58.3 Å². The number of fused-ring (bicyclic) bond motifs is 1. The van der Waals surface area contributed by atoms with Crippen molar-refractivity contribution < 1.29 is 27.1 Å². The second-order valence-electron chi connectivity index (χ2n) is 10.9. The summed E-state index contributed by atoms with van der Waals surface area (Å²) in [7, 11) is 0. The van der Waals surface area contributed by atoms with Gasteiger partial charge in [-0.1, -0.05) is 24.3 Å². The lowest BCUT2D eigenvalue weighted by atomic mass is 9.90. The molecule has 0 amide bonds. The Hall–Kier alpha value is -3.23. The van der Waals surface area contributed by atoms with Crippen LogP contribution in [0.25, 0.3) is 0 Å². The fourth-order valence-electron chi connectivity index (χ4n) is 5.58. The maximum absolute atomic E-state index is 13.3. The number of Topliss-reactive ketones (excluding diaryl/α,β-unsaturated/α-hetero) is 1. The van der Waals surface area contributed by atoms with E-state index in [2.05, 4.69) is 9.80 Å². The Morgan fingerprint density at radius 3 is 2.17 bits per heavy atom. The minimum atomic E-state index is -4.31. The summed E-state index contributed by atoms with van der Waals surface area (Å²) in [4.78, 5) is 17.6. The largest absolute Gasteiger partial charge is 0.492 e. The SMILES string of the molecule is O=C(CCC1CCN(Cc2ccc(C(F)(F)F)cc2)CC1)c1ccc2c(c1)CN(Cc1ccc(F)cc1)CCO2. The molecular weight excluding hydrogens is 520 g/mol. The summed E-state index contributed by atoms with van der Waals surface area (Å²) >= 11 is 0. The Labute approximate surface area is 232 Å². The van der Waals surface area contributed by atoms with E-state index in [-0.39, 0.29) is 11.6 Å². The first-order valence-electron chi connectivity index (χ1n) is 13.9. The van der Waals surface area contributed by atoms with Crippen LogP contribution in [0.4, 0.5) is 17.6 Å². The fourth-order valence-corrected chi connectivity index (χ4v) is 5.58. The smallest absolute Gasteiger partial charge is 0.416 e. The zero-order valence-electron chi connectivity index (χ0n) is 22.4. The Morgan fingerprint density at radius 1 is 0.850 bits per heavy atom. The van der Waals surface area contributed by atoms with Gasteiger partial charge in [0.2, 0.25) is 0 Å². The van der Waals surface area contributed by atoms with Crippen molar-refractivity contribution in [3.63, 3.8) is 0 Å². The highest BCUT2D eigenvalue weighted by Crippen LogP contribution is 2.30. The van der Waals surface area contributed by atoms with Gasteiger partial charge < -0.3 is 4.74 Å². The number of hydrogen-bond acceptors (Lipinski definition) is 4. The number of benzene rings is 3. The highest BCUT2D eigenvalue weighted by Gasteiger charge is 2.30. The van der Waals surface area contributed by atoms with Crippen LogP contribution in [-0.2, 0) is 25.8 Å². The first kappa shape index (κ1) is 28.3. The second kappa shape index (κ2) is 12.5. The van der Waals surface area contributed by atoms with E-state index in [0.717, 1.165) is 73.5 Å². The third-order valence-corrected chi connectivity index (χ3v) is 7.94. The standard InChI is InChI=1S/C32H34F4N2O2/c33-29-9-3-25(4-10-29)21-38-17-18-40-31-12-6-26(19-27(31)22-38)30(39)11-5-23-13-15-37(16-14-23)20-24-1-7-28(8-2-24)32(34,35)36/h1-4,6-10,12,19,23H,5,11,13-18,20-22H2. The average molecular weight is 555 g/mol. The number of carbonyl (C=O) groups excluding carboxylic acids is 1. The number of nitrogens with zero attached hydrogens (tertiary/aromatic N) is 2. The molecule has 0 saturated carbocycles. The second-order valence-corrected chi connectivity index (χ2v) is 10.9. The molecule has 1 fully saturated rings. The zero-order chi connectivity index (χ0) is 28.1. The molecule has 0 aliphatic carbocycles. The lowest BCUT2D eigenvalue weighted by Crippen LogP contribution is -2.33. The van der Waals surface area contributed by atoms with Crippen molar-refractivity contribution in [2.24, 2.45) is 5.92 Å². The minimum Gasteiger partial charge on any atom is -0.492 e. The molecule has 0 spiro atoms. The minimum absolute atomic E-state index is 0.129. The molecule has 0 bridgehead atoms. The normalized spacial score (nSPS) is 17.2. The Balaban J connectivity index is 1.10. The third-order valence-electron chi connectivity index (χ3n) is 7.94. The first-order chi connectivity index (χ1) is 19.2. The monoisotopic (exact) mass is 554 g/mol. The topological polar surface area (TPSA) is 32.8 Å². The lowest BCUT2D eigenvalue weighted by molar-refractivity contribution is -0.137. The van der Waals surface area contributed by atoms with E-state index < -0.39 is 11.7 Å².